The zero-order chi connectivity index (χ0) is 21.1. The monoisotopic (exact) mass is 421 g/mol. The van der Waals surface area contributed by atoms with Gasteiger partial charge in [-0.3, -0.25) is 4.55 Å². The number of nitrogens with two attached hydrogens (primary N) is 1. The maximum atomic E-state index is 12.6. The average molecular weight is 421 g/mol. The third kappa shape index (κ3) is 1.91. The summed E-state index contributed by atoms with van der Waals surface area (Å²) in [4.78, 5) is -0.205. The minimum absolute atomic E-state index is 0.0603. The van der Waals surface area contributed by atoms with E-state index in [9.17, 15) is 13.0 Å². The first-order valence-electron chi connectivity index (χ1n) is 9.98. The number of hydrogen-bond acceptors (Lipinski definition) is 3. The summed E-state index contributed by atoms with van der Waals surface area (Å²) in [7, 11) is -4.56. The Morgan fingerprint density at radius 3 is 1.61 bits per heavy atom. The highest BCUT2D eigenvalue weighted by atomic mass is 32.2. The van der Waals surface area contributed by atoms with Crippen molar-refractivity contribution in [2.24, 2.45) is 0 Å². The van der Waals surface area contributed by atoms with E-state index in [-0.39, 0.29) is 10.6 Å². The van der Waals surface area contributed by atoms with Gasteiger partial charge in [0, 0.05) is 16.2 Å². The fourth-order valence-electron chi connectivity index (χ4n) is 5.61. The third-order valence-electron chi connectivity index (χ3n) is 6.62. The first kappa shape index (κ1) is 17.1. The third-order valence-corrected chi connectivity index (χ3v) is 7.58. The second kappa shape index (κ2) is 5.32. The van der Waals surface area contributed by atoms with Gasteiger partial charge in [-0.2, -0.15) is 8.42 Å². The lowest BCUT2D eigenvalue weighted by Crippen LogP contribution is -2.04. The van der Waals surface area contributed by atoms with Gasteiger partial charge in [-0.25, -0.2) is 0 Å². The molecule has 7 aromatic rings. The predicted octanol–water partition coefficient (Wildman–Crippen LogP) is 6.31. The Hall–Kier alpha value is -3.67. The number of fused-ring (bicyclic) bond motifs is 8. The van der Waals surface area contributed by atoms with Crippen LogP contribution >= 0.6 is 0 Å². The van der Waals surface area contributed by atoms with Crippen LogP contribution in [0, 0.1) is 0 Å². The summed E-state index contributed by atoms with van der Waals surface area (Å²) >= 11 is 0. The number of nitrogen functional groups attached to an aromatic ring is 1. The SMILES string of the molecule is Nc1cc2c3ccccc3c3c4cccc5c6ccccc6c(c(c1S(=O)(=O)O)c23)c54. The van der Waals surface area contributed by atoms with Crippen molar-refractivity contribution in [3.05, 3.63) is 72.8 Å². The summed E-state index contributed by atoms with van der Waals surface area (Å²) in [6, 6.07) is 23.9. The van der Waals surface area contributed by atoms with Crippen LogP contribution in [0.3, 0.4) is 0 Å². The molecule has 0 unspecified atom stereocenters. The molecule has 0 fully saturated rings. The van der Waals surface area contributed by atoms with Crippen LogP contribution in [0.1, 0.15) is 0 Å². The molecule has 3 N–H and O–H groups in total. The fraction of sp³-hybridized carbons (Fsp3) is 0. The summed E-state index contributed by atoms with van der Waals surface area (Å²) in [6.45, 7) is 0. The topological polar surface area (TPSA) is 80.4 Å². The molecular formula is C26H15NO3S. The minimum atomic E-state index is -4.56. The van der Waals surface area contributed by atoms with Gasteiger partial charge >= 0.3 is 0 Å². The van der Waals surface area contributed by atoms with E-state index < -0.39 is 10.1 Å². The largest absolute Gasteiger partial charge is 0.398 e. The molecule has 0 radical (unpaired) electrons. The molecule has 5 heteroatoms. The highest BCUT2D eigenvalue weighted by molar-refractivity contribution is 7.86. The molecule has 0 aliphatic heterocycles. The maximum absolute atomic E-state index is 12.6. The first-order chi connectivity index (χ1) is 15.0. The standard InChI is InChI=1S/C26H15NO3S/c27-20-12-19-14-7-2-3-8-15(14)22-18-11-5-10-16-13-6-1-4-9-17(13)23(21(16)18)25(24(19)22)26(20)31(28,29)30/h1-12H,27H2,(H,28,29,30). The molecule has 0 aromatic heterocycles. The van der Waals surface area contributed by atoms with Crippen molar-refractivity contribution in [2.45, 2.75) is 4.90 Å². The lowest BCUT2D eigenvalue weighted by Gasteiger charge is -2.13. The normalized spacial score (nSPS) is 13.1. The summed E-state index contributed by atoms with van der Waals surface area (Å²) in [5, 5.41) is 11.3. The van der Waals surface area contributed by atoms with E-state index >= 15 is 0 Å². The second-order valence-electron chi connectivity index (χ2n) is 8.14. The van der Waals surface area contributed by atoms with Gasteiger partial charge in [0.15, 0.2) is 0 Å². The molecule has 4 nitrogen and oxygen atoms in total. The Morgan fingerprint density at radius 2 is 1.00 bits per heavy atom. The van der Waals surface area contributed by atoms with Crippen LogP contribution in [0.25, 0.3) is 64.6 Å². The van der Waals surface area contributed by atoms with Gasteiger partial charge in [0.05, 0.1) is 5.69 Å². The Kier molecular flexibility index (Phi) is 2.93. The second-order valence-corrected chi connectivity index (χ2v) is 9.50. The molecule has 0 amide bonds. The molecule has 31 heavy (non-hydrogen) atoms. The van der Waals surface area contributed by atoms with Crippen molar-refractivity contribution < 1.29 is 13.0 Å². The number of benzene rings is 5. The molecule has 7 aromatic carbocycles. The van der Waals surface area contributed by atoms with Crippen molar-refractivity contribution in [2.75, 3.05) is 5.73 Å². The smallest absolute Gasteiger partial charge is 0.297 e. The van der Waals surface area contributed by atoms with E-state index in [1.807, 2.05) is 42.5 Å². The van der Waals surface area contributed by atoms with Gasteiger partial charge < -0.3 is 5.73 Å². The van der Waals surface area contributed by atoms with Crippen molar-refractivity contribution in [3.63, 3.8) is 0 Å². The zero-order valence-electron chi connectivity index (χ0n) is 16.2. The van der Waals surface area contributed by atoms with Crippen LogP contribution in [0.5, 0.6) is 0 Å². The van der Waals surface area contributed by atoms with E-state index in [1.165, 1.54) is 0 Å². The molecule has 0 aliphatic rings. The van der Waals surface area contributed by atoms with E-state index in [4.69, 9.17) is 5.73 Å². The molecule has 0 heterocycles. The van der Waals surface area contributed by atoms with E-state index in [0.29, 0.717) is 5.39 Å². The summed E-state index contributed by atoms with van der Waals surface area (Å²) in [6.07, 6.45) is 0. The van der Waals surface area contributed by atoms with E-state index in [0.717, 1.165) is 59.2 Å². The van der Waals surface area contributed by atoms with Crippen LogP contribution in [0.2, 0.25) is 0 Å². The average Bonchev–Trinajstić information content (AvgIpc) is 3.26. The molecule has 0 aliphatic carbocycles. The lowest BCUT2D eigenvalue weighted by atomic mass is 9.95. The van der Waals surface area contributed by atoms with Crippen molar-refractivity contribution >= 4 is 80.4 Å². The van der Waals surface area contributed by atoms with Crippen LogP contribution in [0.15, 0.2) is 77.7 Å². The van der Waals surface area contributed by atoms with Gasteiger partial charge in [-0.1, -0.05) is 66.7 Å². The molecule has 0 atom stereocenters. The van der Waals surface area contributed by atoms with Crippen LogP contribution in [-0.2, 0) is 10.1 Å². The van der Waals surface area contributed by atoms with Crippen LogP contribution < -0.4 is 5.73 Å². The Bertz CT molecular complexity index is 1970. The number of anilines is 1. The van der Waals surface area contributed by atoms with Crippen LogP contribution in [0.4, 0.5) is 5.69 Å². The van der Waals surface area contributed by atoms with E-state index in [1.54, 1.807) is 6.07 Å². The first-order valence-corrected chi connectivity index (χ1v) is 11.4. The van der Waals surface area contributed by atoms with Gasteiger partial charge in [0.2, 0.25) is 0 Å². The molecule has 148 valence electrons. The lowest BCUT2D eigenvalue weighted by molar-refractivity contribution is 0.484. The fourth-order valence-corrected chi connectivity index (χ4v) is 6.43. The summed E-state index contributed by atoms with van der Waals surface area (Å²) < 4.78 is 35.4. The molecule has 7 rings (SSSR count). The molecule has 0 spiro atoms. The molecule has 0 saturated heterocycles. The molecule has 0 bridgehead atoms. The maximum Gasteiger partial charge on any atom is 0.297 e. The van der Waals surface area contributed by atoms with Crippen LogP contribution in [-0.4, -0.2) is 13.0 Å². The highest BCUT2D eigenvalue weighted by Crippen LogP contribution is 2.52. The number of hydrogen-bond donors (Lipinski definition) is 2. The quantitative estimate of drug-likeness (QED) is 0.185. The van der Waals surface area contributed by atoms with Gasteiger partial charge in [0.25, 0.3) is 10.1 Å². The highest BCUT2D eigenvalue weighted by Gasteiger charge is 2.28. The Labute approximate surface area is 176 Å². The number of rotatable bonds is 1. The van der Waals surface area contributed by atoms with Crippen molar-refractivity contribution in [1.82, 2.24) is 0 Å². The van der Waals surface area contributed by atoms with Crippen molar-refractivity contribution in [1.29, 1.82) is 0 Å². The summed E-state index contributed by atoms with van der Waals surface area (Å²) in [5.74, 6) is 0. The Morgan fingerprint density at radius 1 is 0.548 bits per heavy atom. The minimum Gasteiger partial charge on any atom is -0.398 e. The predicted molar refractivity (Wildman–Crippen MR) is 128 cm³/mol. The Balaban J connectivity index is 2.03. The molecular weight excluding hydrogens is 406 g/mol. The molecule has 0 saturated carbocycles. The zero-order valence-corrected chi connectivity index (χ0v) is 17.0. The van der Waals surface area contributed by atoms with Gasteiger partial charge in [-0.15, -0.1) is 0 Å². The van der Waals surface area contributed by atoms with Gasteiger partial charge in [-0.05, 0) is 54.5 Å². The van der Waals surface area contributed by atoms with Gasteiger partial charge in [0.1, 0.15) is 4.90 Å². The van der Waals surface area contributed by atoms with E-state index in [2.05, 4.69) is 24.3 Å². The summed E-state index contributed by atoms with van der Waals surface area (Å²) in [5.41, 5.74) is 6.36. The van der Waals surface area contributed by atoms with Crippen molar-refractivity contribution in [3.8, 4) is 0 Å².